The number of hydrogen-bond acceptors (Lipinski definition) is 4. The molecule has 4 N–H and O–H groups in total. The van der Waals surface area contributed by atoms with Crippen LogP contribution in [0.3, 0.4) is 0 Å². The summed E-state index contributed by atoms with van der Waals surface area (Å²) in [5, 5.41) is 8.11. The van der Waals surface area contributed by atoms with E-state index in [1.165, 1.54) is 0 Å². The van der Waals surface area contributed by atoms with Crippen molar-refractivity contribution in [3.8, 4) is 0 Å². The van der Waals surface area contributed by atoms with E-state index in [-0.39, 0.29) is 12.3 Å². The lowest BCUT2D eigenvalue weighted by atomic mass is 10.1. The minimum Gasteiger partial charge on any atom is -0.342 e. The molecule has 1 unspecified atom stereocenters. The average molecular weight is 405 g/mol. The van der Waals surface area contributed by atoms with Gasteiger partial charge in [0.05, 0.1) is 28.7 Å². The third-order valence-corrected chi connectivity index (χ3v) is 4.86. The minimum absolute atomic E-state index is 0.175. The van der Waals surface area contributed by atoms with Crippen molar-refractivity contribution in [1.29, 1.82) is 0 Å². The van der Waals surface area contributed by atoms with Crippen molar-refractivity contribution in [3.05, 3.63) is 53.9 Å². The summed E-state index contributed by atoms with van der Waals surface area (Å²) in [6.45, 7) is 4.25. The number of aromatic amines is 1. The molecule has 0 bridgehead atoms. The van der Waals surface area contributed by atoms with Gasteiger partial charge in [-0.15, -0.1) is 0 Å². The first-order valence-corrected chi connectivity index (χ1v) is 9.88. The number of carbonyl (C=O) groups excluding carboxylic acids is 3. The van der Waals surface area contributed by atoms with Crippen LogP contribution in [0.25, 0.3) is 11.0 Å². The van der Waals surface area contributed by atoms with E-state index >= 15 is 0 Å². The number of carbonyl (C=O) groups is 3. The maximum atomic E-state index is 12.5. The largest absolute Gasteiger partial charge is 0.342 e. The third-order valence-electron chi connectivity index (χ3n) is 4.86. The van der Waals surface area contributed by atoms with Crippen molar-refractivity contribution in [2.24, 2.45) is 5.92 Å². The lowest BCUT2D eigenvalue weighted by Crippen LogP contribution is -2.43. The highest BCUT2D eigenvalue weighted by Crippen LogP contribution is 2.21. The van der Waals surface area contributed by atoms with Crippen molar-refractivity contribution in [1.82, 2.24) is 15.3 Å². The number of anilines is 2. The van der Waals surface area contributed by atoms with Crippen LogP contribution < -0.4 is 16.0 Å². The van der Waals surface area contributed by atoms with Gasteiger partial charge in [-0.3, -0.25) is 14.4 Å². The van der Waals surface area contributed by atoms with Gasteiger partial charge in [0.1, 0.15) is 11.9 Å². The lowest BCUT2D eigenvalue weighted by molar-refractivity contribution is -0.122. The number of rotatable bonds is 5. The topological polar surface area (TPSA) is 116 Å². The van der Waals surface area contributed by atoms with Crippen LogP contribution >= 0.6 is 0 Å². The second-order valence-corrected chi connectivity index (χ2v) is 7.83. The molecule has 3 aromatic rings. The average Bonchev–Trinajstić information content (AvgIpc) is 3.03. The molecule has 154 valence electrons. The molecule has 0 fully saturated rings. The molecule has 1 atom stereocenters. The Hall–Kier alpha value is -3.68. The molecule has 0 saturated carbocycles. The third kappa shape index (κ3) is 4.17. The Balaban J connectivity index is 1.44. The highest BCUT2D eigenvalue weighted by atomic mass is 16.2. The highest BCUT2D eigenvalue weighted by molar-refractivity contribution is 6.11. The predicted molar refractivity (Wildman–Crippen MR) is 114 cm³/mol. The number of aromatic nitrogens is 2. The number of nitrogens with zero attached hydrogens (tertiary/aromatic N) is 1. The van der Waals surface area contributed by atoms with Crippen molar-refractivity contribution < 1.29 is 14.4 Å². The normalized spacial score (nSPS) is 16.0. The number of fused-ring (bicyclic) bond motifs is 2. The van der Waals surface area contributed by atoms with Gasteiger partial charge < -0.3 is 20.9 Å². The van der Waals surface area contributed by atoms with Gasteiger partial charge in [0.15, 0.2) is 0 Å². The fraction of sp³-hybridized carbons (Fsp3) is 0.273. The molecular weight excluding hydrogens is 382 g/mol. The monoisotopic (exact) mass is 405 g/mol. The Labute approximate surface area is 173 Å². The Morgan fingerprint density at radius 3 is 2.77 bits per heavy atom. The van der Waals surface area contributed by atoms with Gasteiger partial charge in [-0.05, 0) is 36.2 Å². The first-order valence-electron chi connectivity index (χ1n) is 9.88. The van der Waals surface area contributed by atoms with Crippen LogP contribution in [0.2, 0.25) is 0 Å². The van der Waals surface area contributed by atoms with E-state index in [1.54, 1.807) is 30.3 Å². The zero-order valence-electron chi connectivity index (χ0n) is 16.8. The number of para-hydroxylation sites is 1. The predicted octanol–water partition coefficient (Wildman–Crippen LogP) is 2.84. The van der Waals surface area contributed by atoms with Gasteiger partial charge in [-0.1, -0.05) is 26.0 Å². The van der Waals surface area contributed by atoms with Gasteiger partial charge in [-0.2, -0.15) is 0 Å². The molecule has 4 rings (SSSR count). The summed E-state index contributed by atoms with van der Waals surface area (Å²) in [4.78, 5) is 45.2. The summed E-state index contributed by atoms with van der Waals surface area (Å²) in [5.41, 5.74) is 3.06. The molecule has 30 heavy (non-hydrogen) atoms. The van der Waals surface area contributed by atoms with Crippen LogP contribution in [0.15, 0.2) is 42.5 Å². The van der Waals surface area contributed by atoms with E-state index < -0.39 is 17.9 Å². The molecule has 1 aliphatic heterocycles. The van der Waals surface area contributed by atoms with Crippen LogP contribution in [0, 0.1) is 5.92 Å². The zero-order valence-corrected chi connectivity index (χ0v) is 16.8. The maximum absolute atomic E-state index is 12.5. The maximum Gasteiger partial charge on any atom is 0.254 e. The molecule has 0 saturated heterocycles. The SMILES string of the molecule is CC(C)Cc1nc2ccc(NC(=O)CC3NC(=O)c4ccccc4NC3=O)cc2[nH]1. The molecule has 2 aromatic carbocycles. The molecule has 0 spiro atoms. The van der Waals surface area contributed by atoms with Crippen LogP contribution in [0.1, 0.15) is 36.5 Å². The van der Waals surface area contributed by atoms with E-state index in [1.807, 2.05) is 12.1 Å². The molecule has 1 aromatic heterocycles. The van der Waals surface area contributed by atoms with Crippen molar-refractivity contribution in [2.45, 2.75) is 32.7 Å². The van der Waals surface area contributed by atoms with Gasteiger partial charge in [-0.25, -0.2) is 4.98 Å². The van der Waals surface area contributed by atoms with Crippen molar-refractivity contribution in [2.75, 3.05) is 10.6 Å². The van der Waals surface area contributed by atoms with E-state index in [0.717, 1.165) is 23.3 Å². The number of benzene rings is 2. The molecule has 0 radical (unpaired) electrons. The lowest BCUT2D eigenvalue weighted by Gasteiger charge is -2.14. The van der Waals surface area contributed by atoms with Gasteiger partial charge in [0.2, 0.25) is 11.8 Å². The number of imidazole rings is 1. The van der Waals surface area contributed by atoms with E-state index in [0.29, 0.717) is 22.9 Å². The molecule has 8 nitrogen and oxygen atoms in total. The summed E-state index contributed by atoms with van der Waals surface area (Å²) in [5.74, 6) is 0.199. The second kappa shape index (κ2) is 7.98. The summed E-state index contributed by atoms with van der Waals surface area (Å²) in [7, 11) is 0. The molecule has 0 aliphatic carbocycles. The summed E-state index contributed by atoms with van der Waals surface area (Å²) in [6, 6.07) is 11.2. The number of nitrogens with one attached hydrogen (secondary N) is 4. The summed E-state index contributed by atoms with van der Waals surface area (Å²) in [6.07, 6.45) is 0.667. The Kier molecular flexibility index (Phi) is 5.22. The van der Waals surface area contributed by atoms with E-state index in [9.17, 15) is 14.4 Å². The van der Waals surface area contributed by atoms with Crippen LogP contribution in [0.5, 0.6) is 0 Å². The van der Waals surface area contributed by atoms with Crippen LogP contribution in [0.4, 0.5) is 11.4 Å². The standard InChI is InChI=1S/C22H23N5O3/c1-12(2)9-19-24-16-8-7-13(10-17(16)25-19)23-20(28)11-18-22(30)26-15-6-4-3-5-14(15)21(29)27-18/h3-8,10,12,18H,9,11H2,1-2H3,(H,23,28)(H,24,25)(H,26,30)(H,27,29). The molecule has 3 amide bonds. The van der Waals surface area contributed by atoms with Crippen LogP contribution in [-0.2, 0) is 16.0 Å². The Morgan fingerprint density at radius 1 is 1.17 bits per heavy atom. The fourth-order valence-corrected chi connectivity index (χ4v) is 3.48. The smallest absolute Gasteiger partial charge is 0.254 e. The number of amides is 3. The first kappa shape index (κ1) is 19.6. The fourth-order valence-electron chi connectivity index (χ4n) is 3.48. The number of H-pyrrole nitrogens is 1. The van der Waals surface area contributed by atoms with Gasteiger partial charge in [0.25, 0.3) is 5.91 Å². The highest BCUT2D eigenvalue weighted by Gasteiger charge is 2.29. The van der Waals surface area contributed by atoms with Gasteiger partial charge >= 0.3 is 0 Å². The van der Waals surface area contributed by atoms with Crippen molar-refractivity contribution in [3.63, 3.8) is 0 Å². The quantitative estimate of drug-likeness (QED) is 0.522. The summed E-state index contributed by atoms with van der Waals surface area (Å²) >= 11 is 0. The van der Waals surface area contributed by atoms with E-state index in [2.05, 4.69) is 39.8 Å². The Bertz CT molecular complexity index is 1130. The van der Waals surface area contributed by atoms with Crippen LogP contribution in [-0.4, -0.2) is 33.7 Å². The molecule has 2 heterocycles. The first-order chi connectivity index (χ1) is 14.4. The zero-order chi connectivity index (χ0) is 21.3. The minimum atomic E-state index is -0.960. The summed E-state index contributed by atoms with van der Waals surface area (Å²) < 4.78 is 0. The number of hydrogen-bond donors (Lipinski definition) is 4. The van der Waals surface area contributed by atoms with Gasteiger partial charge in [0, 0.05) is 12.1 Å². The second-order valence-electron chi connectivity index (χ2n) is 7.83. The molecular formula is C22H23N5O3. The molecule has 8 heteroatoms. The van der Waals surface area contributed by atoms with E-state index in [4.69, 9.17) is 0 Å². The van der Waals surface area contributed by atoms with Crippen molar-refractivity contribution >= 4 is 40.1 Å². The Morgan fingerprint density at radius 2 is 1.97 bits per heavy atom. The molecule has 1 aliphatic rings.